The zero-order chi connectivity index (χ0) is 12.0. The van der Waals surface area contributed by atoms with Crippen molar-refractivity contribution in [1.29, 1.82) is 0 Å². The summed E-state index contributed by atoms with van der Waals surface area (Å²) < 4.78 is 0. The van der Waals surface area contributed by atoms with E-state index < -0.39 is 0 Å². The van der Waals surface area contributed by atoms with Crippen molar-refractivity contribution in [2.45, 2.75) is 56.9 Å². The van der Waals surface area contributed by atoms with Crippen LogP contribution in [0.3, 0.4) is 0 Å². The van der Waals surface area contributed by atoms with Crippen LogP contribution in [0, 0.1) is 12.3 Å². The van der Waals surface area contributed by atoms with Crippen molar-refractivity contribution in [1.82, 2.24) is 10.2 Å². The Bertz CT molecular complexity index is 261. The summed E-state index contributed by atoms with van der Waals surface area (Å²) in [5.74, 6) is 2.75. The number of rotatable bonds is 3. The highest BCUT2D eigenvalue weighted by Crippen LogP contribution is 2.30. The van der Waals surface area contributed by atoms with E-state index in [-0.39, 0.29) is 0 Å². The average molecular weight is 234 g/mol. The van der Waals surface area contributed by atoms with E-state index in [0.29, 0.717) is 5.54 Å². The van der Waals surface area contributed by atoms with Crippen LogP contribution >= 0.6 is 0 Å². The molecule has 1 aliphatic heterocycles. The van der Waals surface area contributed by atoms with Crippen molar-refractivity contribution in [2.75, 3.05) is 26.2 Å². The van der Waals surface area contributed by atoms with Crippen LogP contribution in [0.4, 0.5) is 0 Å². The number of terminal acetylenes is 1. The van der Waals surface area contributed by atoms with Gasteiger partial charge in [0.15, 0.2) is 0 Å². The second-order valence-electron chi connectivity index (χ2n) is 5.71. The molecule has 1 N–H and O–H groups in total. The smallest absolute Gasteiger partial charge is 0.0308 e. The van der Waals surface area contributed by atoms with Crippen LogP contribution in [-0.2, 0) is 0 Å². The minimum absolute atomic E-state index is 0.435. The first-order valence-corrected chi connectivity index (χ1v) is 7.26. The molecule has 1 spiro atoms. The largest absolute Gasteiger partial charge is 0.310 e. The van der Waals surface area contributed by atoms with Crippen LogP contribution in [0.25, 0.3) is 0 Å². The van der Waals surface area contributed by atoms with Crippen LogP contribution < -0.4 is 5.32 Å². The molecule has 2 fully saturated rings. The maximum Gasteiger partial charge on any atom is 0.0308 e. The van der Waals surface area contributed by atoms with E-state index in [4.69, 9.17) is 6.42 Å². The Morgan fingerprint density at radius 3 is 2.76 bits per heavy atom. The summed E-state index contributed by atoms with van der Waals surface area (Å²) in [5, 5.41) is 3.84. The van der Waals surface area contributed by atoms with Crippen molar-refractivity contribution in [3.63, 3.8) is 0 Å². The van der Waals surface area contributed by atoms with Crippen LogP contribution in [-0.4, -0.2) is 36.6 Å². The SMILES string of the molecule is C#CCCCN1CCCNC2(CCCCC2)C1. The Kier molecular flexibility index (Phi) is 4.88. The highest BCUT2D eigenvalue weighted by Gasteiger charge is 2.34. The van der Waals surface area contributed by atoms with Gasteiger partial charge in [-0.3, -0.25) is 0 Å². The number of hydrogen-bond acceptors (Lipinski definition) is 2. The lowest BCUT2D eigenvalue weighted by molar-refractivity contribution is 0.163. The lowest BCUT2D eigenvalue weighted by atomic mass is 9.81. The third kappa shape index (κ3) is 3.72. The van der Waals surface area contributed by atoms with Crippen LogP contribution in [0.5, 0.6) is 0 Å². The molecule has 0 unspecified atom stereocenters. The predicted octanol–water partition coefficient (Wildman–Crippen LogP) is 2.40. The molecule has 2 rings (SSSR count). The van der Waals surface area contributed by atoms with Crippen LogP contribution in [0.2, 0.25) is 0 Å². The van der Waals surface area contributed by atoms with Crippen molar-refractivity contribution in [3.05, 3.63) is 0 Å². The average Bonchev–Trinajstić information content (AvgIpc) is 2.54. The summed E-state index contributed by atoms with van der Waals surface area (Å²) in [7, 11) is 0. The summed E-state index contributed by atoms with van der Waals surface area (Å²) >= 11 is 0. The van der Waals surface area contributed by atoms with E-state index in [0.717, 1.165) is 12.8 Å². The molecule has 1 saturated carbocycles. The minimum atomic E-state index is 0.435. The maximum atomic E-state index is 5.33. The van der Waals surface area contributed by atoms with E-state index in [1.54, 1.807) is 0 Å². The normalized spacial score (nSPS) is 25.4. The monoisotopic (exact) mass is 234 g/mol. The van der Waals surface area contributed by atoms with Gasteiger partial charge in [-0.1, -0.05) is 19.3 Å². The zero-order valence-corrected chi connectivity index (χ0v) is 11.0. The zero-order valence-electron chi connectivity index (χ0n) is 11.0. The van der Waals surface area contributed by atoms with Gasteiger partial charge in [0.1, 0.15) is 0 Å². The van der Waals surface area contributed by atoms with Gasteiger partial charge in [0.25, 0.3) is 0 Å². The molecule has 17 heavy (non-hydrogen) atoms. The molecule has 96 valence electrons. The molecule has 2 nitrogen and oxygen atoms in total. The van der Waals surface area contributed by atoms with Gasteiger partial charge in [0.2, 0.25) is 0 Å². The first kappa shape index (κ1) is 12.9. The number of nitrogens with zero attached hydrogens (tertiary/aromatic N) is 1. The molecule has 2 aliphatic rings. The first-order valence-electron chi connectivity index (χ1n) is 7.26. The fourth-order valence-corrected chi connectivity index (χ4v) is 3.38. The van der Waals surface area contributed by atoms with Gasteiger partial charge in [0.05, 0.1) is 0 Å². The van der Waals surface area contributed by atoms with E-state index in [1.807, 2.05) is 0 Å². The van der Waals surface area contributed by atoms with E-state index in [1.165, 1.54) is 64.7 Å². The Hall–Kier alpha value is -0.520. The topological polar surface area (TPSA) is 15.3 Å². The summed E-state index contributed by atoms with van der Waals surface area (Å²) in [6.07, 6.45) is 15.7. The third-order valence-electron chi connectivity index (χ3n) is 4.28. The van der Waals surface area contributed by atoms with Gasteiger partial charge in [0, 0.05) is 18.5 Å². The van der Waals surface area contributed by atoms with E-state index in [9.17, 15) is 0 Å². The van der Waals surface area contributed by atoms with Gasteiger partial charge in [-0.05, 0) is 45.3 Å². The first-order chi connectivity index (χ1) is 8.35. The van der Waals surface area contributed by atoms with Gasteiger partial charge < -0.3 is 10.2 Å². The molecule has 0 aromatic carbocycles. The fourth-order valence-electron chi connectivity index (χ4n) is 3.38. The van der Waals surface area contributed by atoms with Crippen LogP contribution in [0.1, 0.15) is 51.4 Å². The second-order valence-corrected chi connectivity index (χ2v) is 5.71. The van der Waals surface area contributed by atoms with Gasteiger partial charge in [-0.2, -0.15) is 0 Å². The van der Waals surface area contributed by atoms with Crippen molar-refractivity contribution < 1.29 is 0 Å². The summed E-state index contributed by atoms with van der Waals surface area (Å²) in [6, 6.07) is 0. The van der Waals surface area contributed by atoms with Crippen molar-refractivity contribution in [2.24, 2.45) is 0 Å². The summed E-state index contributed by atoms with van der Waals surface area (Å²) in [6.45, 7) is 4.89. The molecule has 2 heteroatoms. The van der Waals surface area contributed by atoms with Crippen LogP contribution in [0.15, 0.2) is 0 Å². The summed E-state index contributed by atoms with van der Waals surface area (Å²) in [5.41, 5.74) is 0.435. The molecule has 0 aromatic heterocycles. The lowest BCUT2D eigenvalue weighted by Gasteiger charge is -2.40. The summed E-state index contributed by atoms with van der Waals surface area (Å²) in [4.78, 5) is 2.64. The van der Waals surface area contributed by atoms with Crippen molar-refractivity contribution in [3.8, 4) is 12.3 Å². The third-order valence-corrected chi connectivity index (χ3v) is 4.28. The maximum absolute atomic E-state index is 5.33. The molecule has 1 saturated heterocycles. The molecule has 1 aliphatic carbocycles. The van der Waals surface area contributed by atoms with Gasteiger partial charge >= 0.3 is 0 Å². The molecule has 0 bridgehead atoms. The molecule has 1 heterocycles. The highest BCUT2D eigenvalue weighted by atomic mass is 15.2. The molecule has 0 radical (unpaired) electrons. The highest BCUT2D eigenvalue weighted by molar-refractivity contribution is 4.95. The molecule has 0 amide bonds. The van der Waals surface area contributed by atoms with E-state index in [2.05, 4.69) is 16.1 Å². The van der Waals surface area contributed by atoms with E-state index >= 15 is 0 Å². The Morgan fingerprint density at radius 1 is 1.18 bits per heavy atom. The molecule has 0 aromatic rings. The number of hydrogen-bond donors (Lipinski definition) is 1. The molecular weight excluding hydrogens is 208 g/mol. The number of nitrogens with one attached hydrogen (secondary N) is 1. The quantitative estimate of drug-likeness (QED) is 0.596. The minimum Gasteiger partial charge on any atom is -0.310 e. The van der Waals surface area contributed by atoms with Crippen molar-refractivity contribution >= 4 is 0 Å². The Morgan fingerprint density at radius 2 is 2.00 bits per heavy atom. The molecule has 0 atom stereocenters. The predicted molar refractivity (Wildman–Crippen MR) is 72.9 cm³/mol. The van der Waals surface area contributed by atoms with Gasteiger partial charge in [-0.15, -0.1) is 12.3 Å². The number of unbranched alkanes of at least 4 members (excludes halogenated alkanes) is 1. The fraction of sp³-hybridized carbons (Fsp3) is 0.867. The lowest BCUT2D eigenvalue weighted by Crippen LogP contribution is -2.52. The second kappa shape index (κ2) is 6.42. The molecular formula is C15H26N2. The Balaban J connectivity index is 1.87. The Labute approximate surface area is 106 Å². The standard InChI is InChI=1S/C15H26N2/c1-2-3-7-12-17-13-8-11-16-15(14-17)9-5-4-6-10-15/h1,16H,3-14H2. The van der Waals surface area contributed by atoms with Gasteiger partial charge in [-0.25, -0.2) is 0 Å².